The van der Waals surface area contributed by atoms with Gasteiger partial charge < -0.3 is 14.8 Å². The highest BCUT2D eigenvalue weighted by Crippen LogP contribution is 2.23. The fraction of sp³-hybridized carbons (Fsp3) is 0.231. The highest BCUT2D eigenvalue weighted by atomic mass is 79.9. The van der Waals surface area contributed by atoms with Gasteiger partial charge in [-0.15, -0.1) is 0 Å². The van der Waals surface area contributed by atoms with E-state index in [4.69, 9.17) is 9.47 Å². The van der Waals surface area contributed by atoms with Crippen LogP contribution in [-0.2, 0) is 19.1 Å². The van der Waals surface area contributed by atoms with Crippen LogP contribution in [0, 0.1) is 0 Å². The smallest absolute Gasteiger partial charge is 0.350 e. The van der Waals surface area contributed by atoms with E-state index in [1.54, 1.807) is 12.1 Å². The lowest BCUT2D eigenvalue weighted by Crippen LogP contribution is -2.42. The number of ether oxygens (including phenoxy) is 2. The van der Waals surface area contributed by atoms with Crippen LogP contribution in [0.5, 0.6) is 0 Å². The van der Waals surface area contributed by atoms with Crippen molar-refractivity contribution in [2.24, 2.45) is 0 Å². The van der Waals surface area contributed by atoms with E-state index in [0.717, 1.165) is 10.2 Å². The molecule has 0 spiro atoms. The van der Waals surface area contributed by atoms with E-state index >= 15 is 0 Å². The van der Waals surface area contributed by atoms with Gasteiger partial charge in [0, 0.05) is 30.2 Å². The maximum Gasteiger partial charge on any atom is 0.350 e. The average molecular weight is 326 g/mol. The molecule has 0 atom stereocenters. The van der Waals surface area contributed by atoms with Crippen LogP contribution in [0.15, 0.2) is 40.5 Å². The third-order valence-corrected chi connectivity index (χ3v) is 2.87. The molecule has 0 radical (unpaired) electrons. The molecule has 1 saturated heterocycles. The number of rotatable bonds is 2. The molecule has 0 amide bonds. The molecule has 100 valence electrons. The summed E-state index contributed by atoms with van der Waals surface area (Å²) in [7, 11) is 0. The Morgan fingerprint density at radius 2 is 1.63 bits per heavy atom. The average Bonchev–Trinajstić information content (AvgIpc) is 2.29. The van der Waals surface area contributed by atoms with Gasteiger partial charge >= 0.3 is 11.9 Å². The second-order valence-electron chi connectivity index (χ2n) is 4.39. The Bertz CT molecular complexity index is 526. The largest absolute Gasteiger partial charge is 0.419 e. The Labute approximate surface area is 118 Å². The molecule has 0 aliphatic carbocycles. The summed E-state index contributed by atoms with van der Waals surface area (Å²) in [4.78, 5) is 23.3. The quantitative estimate of drug-likeness (QED) is 0.514. The molecular formula is C13H12BrNO4. The summed E-state index contributed by atoms with van der Waals surface area (Å²) in [5.41, 5.74) is 0.573. The Morgan fingerprint density at radius 1 is 1.11 bits per heavy atom. The maximum absolute atomic E-state index is 11.7. The Kier molecular flexibility index (Phi) is 3.61. The number of benzene rings is 1. The van der Waals surface area contributed by atoms with E-state index in [9.17, 15) is 9.59 Å². The number of hydrogen-bond acceptors (Lipinski definition) is 5. The first-order valence-corrected chi connectivity index (χ1v) is 6.36. The van der Waals surface area contributed by atoms with Gasteiger partial charge in [0.25, 0.3) is 5.79 Å². The summed E-state index contributed by atoms with van der Waals surface area (Å²) >= 11 is 3.31. The minimum atomic E-state index is -1.22. The SMILES string of the molecule is CC1(C)OC(=O)C(=CNc2ccc(Br)cc2)C(=O)O1. The van der Waals surface area contributed by atoms with Crippen molar-refractivity contribution in [2.75, 3.05) is 5.32 Å². The fourth-order valence-electron chi connectivity index (χ4n) is 1.48. The zero-order valence-electron chi connectivity index (χ0n) is 10.4. The van der Waals surface area contributed by atoms with E-state index in [-0.39, 0.29) is 5.57 Å². The van der Waals surface area contributed by atoms with E-state index < -0.39 is 17.7 Å². The molecule has 1 N–H and O–H groups in total. The lowest BCUT2D eigenvalue weighted by Gasteiger charge is -2.29. The Balaban J connectivity index is 2.13. The molecule has 1 fully saturated rings. The zero-order valence-corrected chi connectivity index (χ0v) is 12.0. The fourth-order valence-corrected chi connectivity index (χ4v) is 1.74. The number of nitrogens with one attached hydrogen (secondary N) is 1. The number of carbonyl (C=O) groups is 2. The van der Waals surface area contributed by atoms with Gasteiger partial charge in [0.05, 0.1) is 0 Å². The van der Waals surface area contributed by atoms with Gasteiger partial charge in [-0.1, -0.05) is 15.9 Å². The third-order valence-electron chi connectivity index (χ3n) is 2.34. The number of anilines is 1. The summed E-state index contributed by atoms with van der Waals surface area (Å²) < 4.78 is 10.9. The van der Waals surface area contributed by atoms with E-state index in [1.807, 2.05) is 12.1 Å². The summed E-state index contributed by atoms with van der Waals surface area (Å²) in [6.45, 7) is 3.00. The molecule has 0 unspecified atom stereocenters. The van der Waals surface area contributed by atoms with Crippen molar-refractivity contribution in [3.05, 3.63) is 40.5 Å². The number of carbonyl (C=O) groups excluding carboxylic acids is 2. The number of esters is 2. The van der Waals surface area contributed by atoms with Crippen LogP contribution in [-0.4, -0.2) is 17.7 Å². The van der Waals surface area contributed by atoms with Crippen LogP contribution < -0.4 is 5.32 Å². The number of cyclic esters (lactones) is 2. The van der Waals surface area contributed by atoms with Gasteiger partial charge in [0.2, 0.25) is 0 Å². The molecule has 2 rings (SSSR count). The van der Waals surface area contributed by atoms with Crippen molar-refractivity contribution >= 4 is 33.6 Å². The second-order valence-corrected chi connectivity index (χ2v) is 5.30. The maximum atomic E-state index is 11.7. The molecule has 6 heteroatoms. The van der Waals surface area contributed by atoms with E-state index in [1.165, 1.54) is 20.0 Å². The molecule has 1 aliphatic rings. The number of hydrogen-bond donors (Lipinski definition) is 1. The molecule has 0 aromatic heterocycles. The first-order chi connectivity index (χ1) is 8.87. The Morgan fingerprint density at radius 3 is 2.16 bits per heavy atom. The summed E-state index contributed by atoms with van der Waals surface area (Å²) in [5, 5.41) is 2.85. The lowest BCUT2D eigenvalue weighted by molar-refractivity contribution is -0.222. The zero-order chi connectivity index (χ0) is 14.0. The van der Waals surface area contributed by atoms with Crippen LogP contribution in [0.4, 0.5) is 5.69 Å². The molecule has 1 aliphatic heterocycles. The minimum absolute atomic E-state index is 0.165. The van der Waals surface area contributed by atoms with Crippen molar-refractivity contribution in [1.82, 2.24) is 0 Å². The molecule has 0 bridgehead atoms. The summed E-state index contributed by atoms with van der Waals surface area (Å²) in [6.07, 6.45) is 1.28. The van der Waals surface area contributed by atoms with E-state index in [0.29, 0.717) is 0 Å². The predicted molar refractivity (Wildman–Crippen MR) is 72.1 cm³/mol. The molecular weight excluding hydrogens is 314 g/mol. The van der Waals surface area contributed by atoms with Crippen molar-refractivity contribution in [2.45, 2.75) is 19.6 Å². The molecule has 1 aromatic rings. The first-order valence-electron chi connectivity index (χ1n) is 5.56. The van der Waals surface area contributed by atoms with Gasteiger partial charge in [-0.25, -0.2) is 9.59 Å². The third kappa shape index (κ3) is 3.35. The Hall–Kier alpha value is -1.82. The van der Waals surface area contributed by atoms with Gasteiger partial charge in [-0.3, -0.25) is 0 Å². The van der Waals surface area contributed by atoms with Gasteiger partial charge in [0.1, 0.15) is 0 Å². The van der Waals surface area contributed by atoms with Crippen molar-refractivity contribution < 1.29 is 19.1 Å². The normalized spacial score (nSPS) is 17.5. The lowest BCUT2D eigenvalue weighted by atomic mass is 10.2. The van der Waals surface area contributed by atoms with Crippen LogP contribution in [0.2, 0.25) is 0 Å². The van der Waals surface area contributed by atoms with Crippen LogP contribution in [0.1, 0.15) is 13.8 Å². The second kappa shape index (κ2) is 5.05. The molecule has 1 heterocycles. The van der Waals surface area contributed by atoms with Gasteiger partial charge in [-0.05, 0) is 24.3 Å². The monoisotopic (exact) mass is 325 g/mol. The van der Waals surface area contributed by atoms with E-state index in [2.05, 4.69) is 21.2 Å². The predicted octanol–water partition coefficient (Wildman–Crippen LogP) is 2.58. The highest BCUT2D eigenvalue weighted by Gasteiger charge is 2.38. The van der Waals surface area contributed by atoms with Crippen LogP contribution >= 0.6 is 15.9 Å². The molecule has 19 heavy (non-hydrogen) atoms. The first kappa shape index (κ1) is 13.6. The van der Waals surface area contributed by atoms with Crippen LogP contribution in [0.3, 0.4) is 0 Å². The van der Waals surface area contributed by atoms with Crippen molar-refractivity contribution in [3.8, 4) is 0 Å². The van der Waals surface area contributed by atoms with Gasteiger partial charge in [0.15, 0.2) is 5.57 Å². The topological polar surface area (TPSA) is 64.6 Å². The molecule has 1 aromatic carbocycles. The van der Waals surface area contributed by atoms with Crippen molar-refractivity contribution in [3.63, 3.8) is 0 Å². The summed E-state index contributed by atoms with van der Waals surface area (Å²) in [6, 6.07) is 7.26. The number of halogens is 1. The highest BCUT2D eigenvalue weighted by molar-refractivity contribution is 9.10. The molecule has 5 nitrogen and oxygen atoms in total. The van der Waals surface area contributed by atoms with Gasteiger partial charge in [-0.2, -0.15) is 0 Å². The standard InChI is InChI=1S/C13H12BrNO4/c1-13(2)18-11(16)10(12(17)19-13)7-15-9-5-3-8(14)4-6-9/h3-7,15H,1-2H3. The van der Waals surface area contributed by atoms with Crippen molar-refractivity contribution in [1.29, 1.82) is 0 Å². The summed E-state index contributed by atoms with van der Waals surface area (Å²) in [5.74, 6) is -2.62. The minimum Gasteiger partial charge on any atom is -0.419 e. The molecule has 0 saturated carbocycles. The van der Waals surface area contributed by atoms with Crippen LogP contribution in [0.25, 0.3) is 0 Å².